The first-order valence-corrected chi connectivity index (χ1v) is 7.19. The molecule has 0 radical (unpaired) electrons. The first kappa shape index (κ1) is 16.0. The molecule has 1 amide bonds. The lowest BCUT2D eigenvalue weighted by Gasteiger charge is -2.25. The Labute approximate surface area is 121 Å². The minimum Gasteiger partial charge on any atom is -0.339 e. The number of rotatable bonds is 5. The second-order valence-electron chi connectivity index (χ2n) is 5.31. The number of pyridine rings is 1. The molecule has 0 fully saturated rings. The van der Waals surface area contributed by atoms with Gasteiger partial charge in [0, 0.05) is 24.3 Å². The van der Waals surface area contributed by atoms with Gasteiger partial charge in [0.2, 0.25) is 0 Å². The number of hydrogen-bond donors (Lipinski definition) is 0. The molecular formula is C15H23ClN2O. The molecule has 0 aromatic carbocycles. The third-order valence-corrected chi connectivity index (χ3v) is 3.53. The lowest BCUT2D eigenvalue weighted by atomic mass is 10.1. The van der Waals surface area contributed by atoms with Gasteiger partial charge in [-0.2, -0.15) is 0 Å². The molecule has 0 saturated carbocycles. The maximum absolute atomic E-state index is 12.4. The highest BCUT2D eigenvalue weighted by atomic mass is 35.5. The zero-order valence-electron chi connectivity index (χ0n) is 12.4. The first-order valence-electron chi connectivity index (χ1n) is 6.81. The fourth-order valence-corrected chi connectivity index (χ4v) is 2.17. The van der Waals surface area contributed by atoms with Crippen LogP contribution in [0, 0.1) is 0 Å². The van der Waals surface area contributed by atoms with Crippen molar-refractivity contribution in [2.45, 2.75) is 52.5 Å². The zero-order valence-corrected chi connectivity index (χ0v) is 13.2. The van der Waals surface area contributed by atoms with E-state index in [1.54, 1.807) is 11.0 Å². The van der Waals surface area contributed by atoms with Crippen molar-refractivity contribution in [2.75, 3.05) is 7.05 Å². The summed E-state index contributed by atoms with van der Waals surface area (Å²) in [6, 6.07) is 3.71. The Morgan fingerprint density at radius 3 is 2.53 bits per heavy atom. The fourth-order valence-electron chi connectivity index (χ4n) is 1.95. The van der Waals surface area contributed by atoms with E-state index in [4.69, 9.17) is 11.6 Å². The largest absolute Gasteiger partial charge is 0.339 e. The van der Waals surface area contributed by atoms with E-state index in [9.17, 15) is 4.79 Å². The highest BCUT2D eigenvalue weighted by molar-refractivity contribution is 6.29. The van der Waals surface area contributed by atoms with Gasteiger partial charge in [-0.3, -0.25) is 4.79 Å². The molecule has 0 bridgehead atoms. The number of aromatic nitrogens is 1. The van der Waals surface area contributed by atoms with Crippen LogP contribution in [0.15, 0.2) is 12.1 Å². The molecule has 0 N–H and O–H groups in total. The van der Waals surface area contributed by atoms with Crippen LogP contribution in [0.25, 0.3) is 0 Å². The van der Waals surface area contributed by atoms with Gasteiger partial charge < -0.3 is 4.90 Å². The van der Waals surface area contributed by atoms with Crippen molar-refractivity contribution in [3.05, 3.63) is 28.5 Å². The number of carbonyl (C=O) groups is 1. The van der Waals surface area contributed by atoms with E-state index in [1.807, 2.05) is 27.0 Å². The van der Waals surface area contributed by atoms with Crippen LogP contribution in [0.2, 0.25) is 5.15 Å². The van der Waals surface area contributed by atoms with Gasteiger partial charge in [0.1, 0.15) is 5.15 Å². The Morgan fingerprint density at radius 1 is 1.37 bits per heavy atom. The van der Waals surface area contributed by atoms with Crippen LogP contribution < -0.4 is 0 Å². The van der Waals surface area contributed by atoms with Gasteiger partial charge in [-0.25, -0.2) is 4.98 Å². The lowest BCUT2D eigenvalue weighted by Crippen LogP contribution is -2.35. The lowest BCUT2D eigenvalue weighted by molar-refractivity contribution is 0.0736. The summed E-state index contributed by atoms with van der Waals surface area (Å²) in [7, 11) is 1.84. The topological polar surface area (TPSA) is 33.2 Å². The van der Waals surface area contributed by atoms with Crippen LogP contribution in [-0.2, 0) is 0 Å². The molecule has 1 aromatic heterocycles. The van der Waals surface area contributed by atoms with E-state index >= 15 is 0 Å². The molecule has 1 heterocycles. The Kier molecular flexibility index (Phi) is 5.80. The third-order valence-electron chi connectivity index (χ3n) is 3.34. The van der Waals surface area contributed by atoms with Crippen molar-refractivity contribution in [3.8, 4) is 0 Å². The highest BCUT2D eigenvalue weighted by Crippen LogP contribution is 2.19. The Balaban J connectivity index is 2.99. The molecule has 0 spiro atoms. The molecule has 1 atom stereocenters. The second kappa shape index (κ2) is 6.90. The van der Waals surface area contributed by atoms with E-state index in [1.165, 1.54) is 0 Å². The number of halogens is 1. The molecule has 3 nitrogen and oxygen atoms in total. The molecule has 0 aliphatic heterocycles. The third kappa shape index (κ3) is 4.20. The molecule has 1 unspecified atom stereocenters. The van der Waals surface area contributed by atoms with Gasteiger partial charge in [-0.1, -0.05) is 38.8 Å². The fraction of sp³-hybridized carbons (Fsp3) is 0.600. The number of carbonyl (C=O) groups excluding carboxylic acids is 1. The van der Waals surface area contributed by atoms with Crippen LogP contribution in [-0.4, -0.2) is 28.9 Å². The Bertz CT molecular complexity index is 446. The molecule has 0 aliphatic carbocycles. The molecule has 1 rings (SSSR count). The molecule has 0 aliphatic rings. The summed E-state index contributed by atoms with van der Waals surface area (Å²) >= 11 is 6.00. The summed E-state index contributed by atoms with van der Waals surface area (Å²) in [5, 5.41) is 0.381. The van der Waals surface area contributed by atoms with Gasteiger partial charge in [-0.15, -0.1) is 0 Å². The van der Waals surface area contributed by atoms with Gasteiger partial charge in [0.05, 0.1) is 0 Å². The maximum Gasteiger partial charge on any atom is 0.254 e. The van der Waals surface area contributed by atoms with Crippen molar-refractivity contribution in [2.24, 2.45) is 0 Å². The molecule has 19 heavy (non-hydrogen) atoms. The van der Waals surface area contributed by atoms with E-state index < -0.39 is 0 Å². The Morgan fingerprint density at radius 2 is 2.00 bits per heavy atom. The van der Waals surface area contributed by atoms with E-state index in [-0.39, 0.29) is 17.9 Å². The second-order valence-corrected chi connectivity index (χ2v) is 5.70. The van der Waals surface area contributed by atoms with Gasteiger partial charge in [0.15, 0.2) is 0 Å². The van der Waals surface area contributed by atoms with Crippen LogP contribution in [0.1, 0.15) is 62.5 Å². The minimum absolute atomic E-state index is 0.00662. The summed E-state index contributed by atoms with van der Waals surface area (Å²) in [6.07, 6.45) is 2.06. The Hall–Kier alpha value is -1.09. The van der Waals surface area contributed by atoms with Crippen LogP contribution in [0.5, 0.6) is 0 Å². The summed E-state index contributed by atoms with van der Waals surface area (Å²) in [5.41, 5.74) is 1.47. The van der Waals surface area contributed by atoms with Crippen LogP contribution >= 0.6 is 11.6 Å². The summed E-state index contributed by atoms with van der Waals surface area (Å²) in [4.78, 5) is 18.5. The van der Waals surface area contributed by atoms with Crippen molar-refractivity contribution in [1.29, 1.82) is 0 Å². The average molecular weight is 283 g/mol. The van der Waals surface area contributed by atoms with Crippen LogP contribution in [0.3, 0.4) is 0 Å². The summed E-state index contributed by atoms with van der Waals surface area (Å²) < 4.78 is 0. The van der Waals surface area contributed by atoms with E-state index in [0.717, 1.165) is 18.5 Å². The average Bonchev–Trinajstić information content (AvgIpc) is 2.36. The number of nitrogens with zero attached hydrogens (tertiary/aromatic N) is 2. The smallest absolute Gasteiger partial charge is 0.254 e. The SMILES string of the molecule is CCCC(C)N(C)C(=O)c1cc(Cl)nc(C(C)C)c1. The monoisotopic (exact) mass is 282 g/mol. The van der Waals surface area contributed by atoms with E-state index in [2.05, 4.69) is 18.8 Å². The van der Waals surface area contributed by atoms with E-state index in [0.29, 0.717) is 10.7 Å². The number of hydrogen-bond acceptors (Lipinski definition) is 2. The standard InChI is InChI=1S/C15H23ClN2O/c1-6-7-11(4)18(5)15(19)12-8-13(10(2)3)17-14(16)9-12/h8-11H,6-7H2,1-5H3. The van der Waals surface area contributed by atoms with Crippen molar-refractivity contribution >= 4 is 17.5 Å². The molecule has 0 saturated heterocycles. The number of amides is 1. The predicted octanol–water partition coefficient (Wildman–Crippen LogP) is 4.12. The molecule has 1 aromatic rings. The van der Waals surface area contributed by atoms with Gasteiger partial charge in [-0.05, 0) is 31.4 Å². The molecular weight excluding hydrogens is 260 g/mol. The van der Waals surface area contributed by atoms with Crippen LogP contribution in [0.4, 0.5) is 0 Å². The minimum atomic E-state index is 0.00662. The van der Waals surface area contributed by atoms with Crippen molar-refractivity contribution < 1.29 is 4.79 Å². The predicted molar refractivity (Wildman–Crippen MR) is 79.8 cm³/mol. The molecule has 106 valence electrons. The normalized spacial score (nSPS) is 12.6. The zero-order chi connectivity index (χ0) is 14.6. The quantitative estimate of drug-likeness (QED) is 0.761. The van der Waals surface area contributed by atoms with Gasteiger partial charge in [0.25, 0.3) is 5.91 Å². The summed E-state index contributed by atoms with van der Waals surface area (Å²) in [5.74, 6) is 0.260. The maximum atomic E-state index is 12.4. The highest BCUT2D eigenvalue weighted by Gasteiger charge is 2.18. The van der Waals surface area contributed by atoms with Crippen molar-refractivity contribution in [1.82, 2.24) is 9.88 Å². The first-order chi connectivity index (χ1) is 8.86. The van der Waals surface area contributed by atoms with Crippen molar-refractivity contribution in [3.63, 3.8) is 0 Å². The summed E-state index contributed by atoms with van der Waals surface area (Å²) in [6.45, 7) is 8.26. The van der Waals surface area contributed by atoms with Gasteiger partial charge >= 0.3 is 0 Å². The molecule has 4 heteroatoms.